The Bertz CT molecular complexity index is 1070. The van der Waals surface area contributed by atoms with Crippen molar-refractivity contribution in [2.75, 3.05) is 30.3 Å². The highest BCUT2D eigenvalue weighted by molar-refractivity contribution is 7.92. The summed E-state index contributed by atoms with van der Waals surface area (Å²) in [5, 5.41) is 2.49. The molecule has 0 aliphatic carbocycles. The number of hydrogen-bond acceptors (Lipinski definition) is 5. The van der Waals surface area contributed by atoms with E-state index >= 15 is 0 Å². The predicted octanol–water partition coefficient (Wildman–Crippen LogP) is 2.82. The van der Waals surface area contributed by atoms with E-state index in [1.807, 2.05) is 12.1 Å². The van der Waals surface area contributed by atoms with Crippen molar-refractivity contribution in [3.8, 4) is 11.5 Å². The van der Waals surface area contributed by atoms with Crippen LogP contribution >= 0.6 is 0 Å². The van der Waals surface area contributed by atoms with Gasteiger partial charge in [-0.25, -0.2) is 8.42 Å². The molecule has 1 aliphatic rings. The van der Waals surface area contributed by atoms with E-state index in [1.54, 1.807) is 18.2 Å². The number of methoxy groups -OCH3 is 1. The molecule has 0 radical (unpaired) electrons. The minimum Gasteiger partial charge on any atom is -0.493 e. The summed E-state index contributed by atoms with van der Waals surface area (Å²) in [6, 6.07) is 11.8. The van der Waals surface area contributed by atoms with Crippen LogP contribution in [-0.4, -0.2) is 46.9 Å². The van der Waals surface area contributed by atoms with E-state index in [4.69, 9.17) is 4.74 Å². The van der Waals surface area contributed by atoms with E-state index in [-0.39, 0.29) is 29.4 Å². The number of rotatable bonds is 9. The quantitative estimate of drug-likeness (QED) is 0.592. The van der Waals surface area contributed by atoms with Crippen molar-refractivity contribution in [1.29, 1.82) is 0 Å². The van der Waals surface area contributed by atoms with Crippen LogP contribution in [-0.2, 0) is 21.2 Å². The summed E-state index contributed by atoms with van der Waals surface area (Å²) in [6.45, 7) is -2.78. The fourth-order valence-electron chi connectivity index (χ4n) is 3.27. The van der Waals surface area contributed by atoms with Gasteiger partial charge in [-0.1, -0.05) is 30.3 Å². The maximum Gasteiger partial charge on any atom is 0.387 e. The number of halogens is 2. The van der Waals surface area contributed by atoms with Crippen molar-refractivity contribution >= 4 is 27.7 Å². The number of benzene rings is 2. The molecule has 0 atom stereocenters. The van der Waals surface area contributed by atoms with E-state index in [1.165, 1.54) is 29.6 Å². The SMILES string of the molecule is COc1cccc(/C=C/C(=O)NCCS(=O)(=O)N2CCc3ccccc32)c1OC(F)F. The van der Waals surface area contributed by atoms with Gasteiger partial charge in [0, 0.05) is 24.7 Å². The second-order valence-corrected chi connectivity index (χ2v) is 8.66. The monoisotopic (exact) mass is 452 g/mol. The van der Waals surface area contributed by atoms with Crippen LogP contribution in [0.3, 0.4) is 0 Å². The first kappa shape index (κ1) is 22.5. The second-order valence-electron chi connectivity index (χ2n) is 6.65. The lowest BCUT2D eigenvalue weighted by molar-refractivity contribution is -0.116. The maximum absolute atomic E-state index is 12.7. The number of alkyl halides is 2. The number of anilines is 1. The number of fused-ring (bicyclic) bond motifs is 1. The zero-order chi connectivity index (χ0) is 22.4. The molecule has 166 valence electrons. The number of hydrogen-bond donors (Lipinski definition) is 1. The number of carbonyl (C=O) groups is 1. The number of amides is 1. The van der Waals surface area contributed by atoms with Crippen LogP contribution in [0.1, 0.15) is 11.1 Å². The molecule has 0 saturated carbocycles. The van der Waals surface area contributed by atoms with E-state index in [0.29, 0.717) is 18.7 Å². The lowest BCUT2D eigenvalue weighted by Crippen LogP contribution is -2.36. The summed E-state index contributed by atoms with van der Waals surface area (Å²) in [4.78, 5) is 12.1. The molecule has 7 nitrogen and oxygen atoms in total. The summed E-state index contributed by atoms with van der Waals surface area (Å²) in [5.74, 6) is -0.929. The first-order valence-electron chi connectivity index (χ1n) is 9.48. The van der Waals surface area contributed by atoms with Gasteiger partial charge in [0.05, 0.1) is 18.6 Å². The third-order valence-corrected chi connectivity index (χ3v) is 6.46. The van der Waals surface area contributed by atoms with E-state index in [2.05, 4.69) is 10.1 Å². The average Bonchev–Trinajstić information content (AvgIpc) is 3.17. The van der Waals surface area contributed by atoms with Gasteiger partial charge in [0.25, 0.3) is 0 Å². The lowest BCUT2D eigenvalue weighted by Gasteiger charge is -2.19. The van der Waals surface area contributed by atoms with Crippen LogP contribution in [0.4, 0.5) is 14.5 Å². The Balaban J connectivity index is 1.59. The summed E-state index contributed by atoms with van der Waals surface area (Å²) >= 11 is 0. The number of carbonyl (C=O) groups excluding carboxylic acids is 1. The molecule has 0 spiro atoms. The van der Waals surface area contributed by atoms with Crippen molar-refractivity contribution in [2.24, 2.45) is 0 Å². The van der Waals surface area contributed by atoms with Crippen molar-refractivity contribution in [3.63, 3.8) is 0 Å². The Hall–Kier alpha value is -3.14. The molecule has 0 saturated heterocycles. The number of para-hydroxylation sites is 2. The van der Waals surface area contributed by atoms with E-state index in [0.717, 1.165) is 11.6 Å². The predicted molar refractivity (Wildman–Crippen MR) is 113 cm³/mol. The van der Waals surface area contributed by atoms with E-state index < -0.39 is 22.5 Å². The summed E-state index contributed by atoms with van der Waals surface area (Å²) < 4.78 is 61.5. The third kappa shape index (κ3) is 5.52. The van der Waals surface area contributed by atoms with E-state index in [9.17, 15) is 22.0 Å². The minimum absolute atomic E-state index is 0.0946. The fraction of sp³-hybridized carbons (Fsp3) is 0.286. The molecule has 10 heteroatoms. The zero-order valence-corrected chi connectivity index (χ0v) is 17.6. The van der Waals surface area contributed by atoms with Gasteiger partial charge in [-0.3, -0.25) is 9.10 Å². The van der Waals surface area contributed by atoms with Crippen molar-refractivity contribution < 1.29 is 31.5 Å². The standard InChI is InChI=1S/C21H22F2N2O5S/c1-29-18-8-4-6-16(20(18)30-21(22)23)9-10-19(26)24-12-14-31(27,28)25-13-11-15-5-2-3-7-17(15)25/h2-10,21H,11-14H2,1H3,(H,24,26)/b10-9+. The Morgan fingerprint density at radius 1 is 1.23 bits per heavy atom. The first-order valence-corrected chi connectivity index (χ1v) is 11.1. The molecule has 2 aromatic carbocycles. The molecule has 1 heterocycles. The highest BCUT2D eigenvalue weighted by atomic mass is 32.2. The molecule has 3 rings (SSSR count). The van der Waals surface area contributed by atoms with Gasteiger partial charge in [-0.2, -0.15) is 8.78 Å². The largest absolute Gasteiger partial charge is 0.493 e. The van der Waals surface area contributed by atoms with Gasteiger partial charge < -0.3 is 14.8 Å². The third-order valence-electron chi connectivity index (χ3n) is 4.69. The molecule has 31 heavy (non-hydrogen) atoms. The molecular formula is C21H22F2N2O5S. The smallest absolute Gasteiger partial charge is 0.387 e. The zero-order valence-electron chi connectivity index (χ0n) is 16.8. The van der Waals surface area contributed by atoms with Crippen molar-refractivity contribution in [3.05, 3.63) is 59.7 Å². The van der Waals surface area contributed by atoms with Crippen LogP contribution in [0.5, 0.6) is 11.5 Å². The van der Waals surface area contributed by atoms with Gasteiger partial charge in [0.2, 0.25) is 15.9 Å². The Morgan fingerprint density at radius 2 is 2.00 bits per heavy atom. The van der Waals surface area contributed by atoms with Gasteiger partial charge in [-0.15, -0.1) is 0 Å². The molecular weight excluding hydrogens is 430 g/mol. The highest BCUT2D eigenvalue weighted by Gasteiger charge is 2.28. The fourth-order valence-corrected chi connectivity index (χ4v) is 4.70. The van der Waals surface area contributed by atoms with Crippen LogP contribution in [0.15, 0.2) is 48.5 Å². The molecule has 2 aromatic rings. The van der Waals surface area contributed by atoms with Gasteiger partial charge in [-0.05, 0) is 30.2 Å². The molecule has 0 aromatic heterocycles. The number of nitrogens with one attached hydrogen (secondary N) is 1. The summed E-state index contributed by atoms with van der Waals surface area (Å²) in [6.07, 6.45) is 3.06. The van der Waals surface area contributed by atoms with Crippen LogP contribution in [0, 0.1) is 0 Å². The second kappa shape index (κ2) is 9.78. The van der Waals surface area contributed by atoms with Crippen molar-refractivity contribution in [2.45, 2.75) is 13.0 Å². The summed E-state index contributed by atoms with van der Waals surface area (Å²) in [7, 11) is -2.28. The number of sulfonamides is 1. The Morgan fingerprint density at radius 3 is 2.74 bits per heavy atom. The molecule has 0 bridgehead atoms. The normalized spacial score (nSPS) is 13.5. The maximum atomic E-state index is 12.7. The number of ether oxygens (including phenoxy) is 2. The van der Waals surface area contributed by atoms with Gasteiger partial charge in [0.1, 0.15) is 0 Å². The topological polar surface area (TPSA) is 84.9 Å². The molecule has 1 amide bonds. The Labute approximate surface area is 179 Å². The molecule has 1 N–H and O–H groups in total. The van der Waals surface area contributed by atoms with Gasteiger partial charge in [0.15, 0.2) is 11.5 Å². The molecule has 0 unspecified atom stereocenters. The van der Waals surface area contributed by atoms with Crippen LogP contribution < -0.4 is 19.1 Å². The highest BCUT2D eigenvalue weighted by Crippen LogP contribution is 2.33. The minimum atomic E-state index is -3.59. The average molecular weight is 452 g/mol. The van der Waals surface area contributed by atoms with Crippen LogP contribution in [0.25, 0.3) is 6.08 Å². The van der Waals surface area contributed by atoms with Crippen LogP contribution in [0.2, 0.25) is 0 Å². The summed E-state index contributed by atoms with van der Waals surface area (Å²) in [5.41, 5.74) is 1.85. The van der Waals surface area contributed by atoms with Gasteiger partial charge >= 0.3 is 6.61 Å². The lowest BCUT2D eigenvalue weighted by atomic mass is 10.1. The van der Waals surface area contributed by atoms with Crippen molar-refractivity contribution in [1.82, 2.24) is 5.32 Å². The molecule has 1 aliphatic heterocycles. The Kier molecular flexibility index (Phi) is 7.11. The first-order chi connectivity index (χ1) is 14.8. The molecule has 0 fully saturated rings. The number of nitrogens with zero attached hydrogens (tertiary/aromatic N) is 1.